The van der Waals surface area contributed by atoms with E-state index in [0.29, 0.717) is 63.2 Å². The van der Waals surface area contributed by atoms with Gasteiger partial charge in [0.2, 0.25) is 23.6 Å². The molecule has 4 amide bonds. The zero-order valence-corrected chi connectivity index (χ0v) is 24.9. The Balaban J connectivity index is 0.981. The third kappa shape index (κ3) is 9.22. The number of amides is 4. The molecule has 4 rings (SSSR count). The number of rotatable bonds is 14. The minimum Gasteiger partial charge on any atom is -0.449 e. The number of allylic oxidation sites excluding steroid dienone is 2. The number of carbonyl (C=O) groups is 4. The highest BCUT2D eigenvalue weighted by molar-refractivity contribution is 5.98. The van der Waals surface area contributed by atoms with Gasteiger partial charge in [-0.2, -0.15) is 0 Å². The van der Waals surface area contributed by atoms with Crippen molar-refractivity contribution in [2.75, 3.05) is 44.2 Å². The Morgan fingerprint density at radius 3 is 2.60 bits per heavy atom. The highest BCUT2D eigenvalue weighted by Crippen LogP contribution is 2.53. The summed E-state index contributed by atoms with van der Waals surface area (Å²) < 4.78 is 11.3. The van der Waals surface area contributed by atoms with Gasteiger partial charge in [0.15, 0.2) is 0 Å². The number of fused-ring (bicyclic) bond motifs is 1. The van der Waals surface area contributed by atoms with E-state index >= 15 is 0 Å². The molecule has 1 aromatic heterocycles. The predicted molar refractivity (Wildman–Crippen MR) is 160 cm³/mol. The van der Waals surface area contributed by atoms with Crippen LogP contribution >= 0.6 is 0 Å². The second kappa shape index (κ2) is 15.6. The third-order valence-corrected chi connectivity index (χ3v) is 8.69. The Bertz CT molecular complexity index is 1140. The van der Waals surface area contributed by atoms with E-state index in [9.17, 15) is 19.2 Å². The summed E-state index contributed by atoms with van der Waals surface area (Å²) in [7, 11) is 0. The van der Waals surface area contributed by atoms with Crippen molar-refractivity contribution in [2.24, 2.45) is 17.8 Å². The monoisotopic (exact) mass is 582 g/mol. The van der Waals surface area contributed by atoms with Crippen LogP contribution in [0.3, 0.4) is 0 Å². The summed E-state index contributed by atoms with van der Waals surface area (Å²) in [5.41, 5.74) is 1.49. The van der Waals surface area contributed by atoms with Crippen LogP contribution < -0.4 is 15.5 Å². The van der Waals surface area contributed by atoms with Gasteiger partial charge in [0.25, 0.3) is 0 Å². The van der Waals surface area contributed by atoms with Gasteiger partial charge in [-0.25, -0.2) is 4.79 Å². The Hall–Kier alpha value is -3.56. The molecule has 2 N–H and O–H groups in total. The molecule has 1 aromatic rings. The molecule has 0 aromatic carbocycles. The van der Waals surface area contributed by atoms with Crippen molar-refractivity contribution in [3.05, 3.63) is 42.2 Å². The zero-order chi connectivity index (χ0) is 29.9. The number of carbonyl (C=O) groups excluding carboxylic acids is 4. The summed E-state index contributed by atoms with van der Waals surface area (Å²) in [5, 5.41) is 5.80. The largest absolute Gasteiger partial charge is 0.449 e. The van der Waals surface area contributed by atoms with Crippen molar-refractivity contribution < 1.29 is 28.3 Å². The smallest absolute Gasteiger partial charge is 0.407 e. The summed E-state index contributed by atoms with van der Waals surface area (Å²) in [6.07, 6.45) is 12.4. The minimum atomic E-state index is -0.311. The molecule has 0 unspecified atom stereocenters. The zero-order valence-electron chi connectivity index (χ0n) is 24.9. The summed E-state index contributed by atoms with van der Waals surface area (Å²) in [4.78, 5) is 51.4. The van der Waals surface area contributed by atoms with Gasteiger partial charge < -0.3 is 24.7 Å². The average Bonchev–Trinajstić information content (AvgIpc) is 3.39. The van der Waals surface area contributed by atoms with E-state index < -0.39 is 0 Å². The Kier molecular flexibility index (Phi) is 11.7. The molecule has 10 heteroatoms. The van der Waals surface area contributed by atoms with E-state index in [2.05, 4.69) is 30.2 Å². The molecule has 1 saturated carbocycles. The normalized spacial score (nSPS) is 23.1. The van der Waals surface area contributed by atoms with Gasteiger partial charge in [-0.3, -0.25) is 19.3 Å². The molecule has 230 valence electrons. The fraction of sp³-hybridized carbons (Fsp3) is 0.625. The summed E-state index contributed by atoms with van der Waals surface area (Å²) in [6, 6.07) is 3.50. The molecule has 2 aliphatic carbocycles. The number of hydrogen-bond donors (Lipinski definition) is 2. The predicted octanol–water partition coefficient (Wildman–Crippen LogP) is 4.36. The second-order valence-electron chi connectivity index (χ2n) is 11.7. The van der Waals surface area contributed by atoms with Crippen molar-refractivity contribution in [3.63, 3.8) is 0 Å². The number of furan rings is 1. The number of nitrogens with zero attached hydrogens (tertiary/aromatic N) is 2. The highest BCUT2D eigenvalue weighted by Gasteiger charge is 2.49. The average molecular weight is 583 g/mol. The van der Waals surface area contributed by atoms with E-state index in [0.717, 1.165) is 43.9 Å². The number of ether oxygens (including phenoxy) is 1. The first-order chi connectivity index (χ1) is 20.4. The Morgan fingerprint density at radius 1 is 1.07 bits per heavy atom. The van der Waals surface area contributed by atoms with Gasteiger partial charge in [-0.15, -0.1) is 0 Å². The van der Waals surface area contributed by atoms with Crippen molar-refractivity contribution in [3.8, 4) is 0 Å². The van der Waals surface area contributed by atoms with Crippen LogP contribution in [0.2, 0.25) is 0 Å². The molecule has 0 bridgehead atoms. The van der Waals surface area contributed by atoms with Gasteiger partial charge in [0.05, 0.1) is 6.61 Å². The van der Waals surface area contributed by atoms with Crippen molar-refractivity contribution in [1.29, 1.82) is 0 Å². The number of hydrogen-bond acceptors (Lipinski definition) is 6. The lowest BCUT2D eigenvalue weighted by molar-refractivity contribution is -0.133. The maximum atomic E-state index is 12.4. The van der Waals surface area contributed by atoms with Crippen LogP contribution in [0, 0.1) is 17.8 Å². The van der Waals surface area contributed by atoms with Crippen molar-refractivity contribution in [2.45, 2.75) is 71.1 Å². The lowest BCUT2D eigenvalue weighted by Gasteiger charge is -2.32. The third-order valence-electron chi connectivity index (χ3n) is 8.69. The first-order valence-electron chi connectivity index (χ1n) is 15.5. The van der Waals surface area contributed by atoms with Gasteiger partial charge in [0.1, 0.15) is 12.3 Å². The Labute approximate surface area is 248 Å². The molecule has 0 radical (unpaired) electrons. The number of aryl methyl sites for hydroxylation is 1. The maximum Gasteiger partial charge on any atom is 0.407 e. The van der Waals surface area contributed by atoms with Gasteiger partial charge in [-0.05, 0) is 75.3 Å². The maximum absolute atomic E-state index is 12.4. The van der Waals surface area contributed by atoms with Gasteiger partial charge in [0, 0.05) is 45.1 Å². The quantitative estimate of drug-likeness (QED) is 0.191. The van der Waals surface area contributed by atoms with E-state index in [-0.39, 0.29) is 30.4 Å². The SMILES string of the molecule is C=CC(=O)N1CCN(c2ccc(CCC(=O)NCCCCCCNC(=O)OC[C@@H]3[C@@H]4CC/C(C)=C\CC[C@@H]43)o2)C(=O)C1. The second-order valence-corrected chi connectivity index (χ2v) is 11.7. The molecule has 3 aliphatic rings. The van der Waals surface area contributed by atoms with Crippen molar-refractivity contribution in [1.82, 2.24) is 15.5 Å². The van der Waals surface area contributed by atoms with E-state index in [1.54, 1.807) is 12.1 Å². The number of unbranched alkanes of at least 4 members (excludes halogenated alkanes) is 3. The first-order valence-corrected chi connectivity index (χ1v) is 15.5. The standard InChI is InChI=1S/C32H46N4O6/c1-3-29(38)35-19-20-36(30(39)21-35)31-16-13-24(42-31)12-15-28(37)33-17-6-4-5-7-18-34-32(40)41-22-27-25-10-8-9-23(2)11-14-26(25)27/h3,9,13,16,25-27H,1,4-8,10-12,14-15,17-22H2,2H3,(H,33,37)(H,34,40)/b23-9-/t25-,26+,27-/m0/s1. The number of alkyl carbamates (subject to hydrolysis) is 1. The Morgan fingerprint density at radius 2 is 1.83 bits per heavy atom. The van der Waals surface area contributed by atoms with Crippen LogP contribution in [0.15, 0.2) is 40.9 Å². The van der Waals surface area contributed by atoms with Crippen LogP contribution in [-0.4, -0.2) is 68.0 Å². The van der Waals surface area contributed by atoms with E-state index in [4.69, 9.17) is 9.15 Å². The molecule has 42 heavy (non-hydrogen) atoms. The topological polar surface area (TPSA) is 121 Å². The lowest BCUT2D eigenvalue weighted by Crippen LogP contribution is -2.52. The lowest BCUT2D eigenvalue weighted by atomic mass is 10.0. The molecule has 10 nitrogen and oxygen atoms in total. The molecular weight excluding hydrogens is 536 g/mol. The molecule has 1 saturated heterocycles. The summed E-state index contributed by atoms with van der Waals surface area (Å²) in [6.45, 7) is 8.18. The van der Waals surface area contributed by atoms with Crippen molar-refractivity contribution >= 4 is 29.7 Å². The van der Waals surface area contributed by atoms with Gasteiger partial charge in [-0.1, -0.05) is 31.1 Å². The van der Waals surface area contributed by atoms with Crippen LogP contribution in [0.25, 0.3) is 0 Å². The van der Waals surface area contributed by atoms with E-state index in [1.807, 2.05) is 0 Å². The number of piperazine rings is 1. The minimum absolute atomic E-state index is 0.00833. The van der Waals surface area contributed by atoms with Crippen LogP contribution in [0.1, 0.15) is 70.5 Å². The number of nitrogens with one attached hydrogen (secondary N) is 2. The van der Waals surface area contributed by atoms with E-state index in [1.165, 1.54) is 40.7 Å². The number of anilines is 1. The highest BCUT2D eigenvalue weighted by atomic mass is 16.5. The van der Waals surface area contributed by atoms with Crippen LogP contribution in [0.5, 0.6) is 0 Å². The summed E-state index contributed by atoms with van der Waals surface area (Å²) >= 11 is 0. The van der Waals surface area contributed by atoms with Gasteiger partial charge >= 0.3 is 6.09 Å². The van der Waals surface area contributed by atoms with Crippen LogP contribution in [0.4, 0.5) is 10.7 Å². The molecule has 2 heterocycles. The molecular formula is C32H46N4O6. The first kappa shape index (κ1) is 31.4. The molecule has 3 atom stereocenters. The summed E-state index contributed by atoms with van der Waals surface area (Å²) in [5.74, 6) is 2.54. The molecule has 0 spiro atoms. The molecule has 1 aliphatic heterocycles. The fourth-order valence-corrected chi connectivity index (χ4v) is 6.09. The van der Waals surface area contributed by atoms with Crippen LogP contribution in [-0.2, 0) is 25.5 Å². The fourth-order valence-electron chi connectivity index (χ4n) is 6.09. The molecule has 2 fully saturated rings.